The highest BCUT2D eigenvalue weighted by Crippen LogP contribution is 2.29. The second kappa shape index (κ2) is 9.23. The lowest BCUT2D eigenvalue weighted by Crippen LogP contribution is -2.41. The molecule has 2 aromatic heterocycles. The molecule has 0 aliphatic heterocycles. The normalized spacial score (nSPS) is 12.4. The monoisotopic (exact) mass is 475 g/mol. The first-order chi connectivity index (χ1) is 15.0. The number of aromatic nitrogens is 2. The Morgan fingerprint density at radius 2 is 1.78 bits per heavy atom. The van der Waals surface area contributed by atoms with Gasteiger partial charge in [0.1, 0.15) is 0 Å². The smallest absolute Gasteiger partial charge is 0.244 e. The molecule has 9 nitrogen and oxygen atoms in total. The standard InChI is InChI=1S/C21H25N5O4S2/c1-12-10-18(14(3)26(12)5)19-11-31-21(23-19)24-20(28)13(2)25-32(29,30)17-8-6-16(7-9-17)22-15(4)27/h6-11,13,25H,1-5H3,(H,22,27)(H,23,24,28). The molecule has 0 aliphatic rings. The summed E-state index contributed by atoms with van der Waals surface area (Å²) in [6.07, 6.45) is 0. The van der Waals surface area contributed by atoms with Gasteiger partial charge >= 0.3 is 0 Å². The summed E-state index contributed by atoms with van der Waals surface area (Å²) in [5, 5.41) is 7.47. The molecule has 0 fully saturated rings. The molecular weight excluding hydrogens is 450 g/mol. The van der Waals surface area contributed by atoms with Gasteiger partial charge in [0, 0.05) is 42.0 Å². The van der Waals surface area contributed by atoms with Gasteiger partial charge < -0.3 is 15.2 Å². The average molecular weight is 476 g/mol. The predicted molar refractivity (Wildman–Crippen MR) is 125 cm³/mol. The van der Waals surface area contributed by atoms with Crippen LogP contribution in [0.1, 0.15) is 25.2 Å². The molecule has 0 spiro atoms. The van der Waals surface area contributed by atoms with Gasteiger partial charge in [-0.2, -0.15) is 4.72 Å². The lowest BCUT2D eigenvalue weighted by Gasteiger charge is -2.14. The van der Waals surface area contributed by atoms with Crippen LogP contribution in [0.25, 0.3) is 11.3 Å². The van der Waals surface area contributed by atoms with E-state index in [0.717, 1.165) is 22.6 Å². The Balaban J connectivity index is 1.66. The summed E-state index contributed by atoms with van der Waals surface area (Å²) in [5.41, 5.74) is 4.38. The van der Waals surface area contributed by atoms with Crippen molar-refractivity contribution in [3.63, 3.8) is 0 Å². The van der Waals surface area contributed by atoms with Crippen LogP contribution in [0.2, 0.25) is 0 Å². The SMILES string of the molecule is CC(=O)Nc1ccc(S(=O)(=O)NC(C)C(=O)Nc2nc(-c3cc(C)n(C)c3C)cs2)cc1. The fourth-order valence-electron chi connectivity index (χ4n) is 3.06. The number of hydrogen-bond acceptors (Lipinski definition) is 6. The minimum Gasteiger partial charge on any atom is -0.351 e. The Bertz CT molecular complexity index is 1260. The van der Waals surface area contributed by atoms with Gasteiger partial charge in [-0.25, -0.2) is 13.4 Å². The predicted octanol–water partition coefficient (Wildman–Crippen LogP) is 3.03. The third kappa shape index (κ3) is 5.23. The maximum atomic E-state index is 12.6. The molecule has 1 aromatic carbocycles. The molecule has 1 atom stereocenters. The first-order valence-electron chi connectivity index (χ1n) is 9.77. The molecule has 0 radical (unpaired) electrons. The summed E-state index contributed by atoms with van der Waals surface area (Å²) in [4.78, 5) is 28.1. The fraction of sp³-hybridized carbons (Fsp3) is 0.286. The zero-order chi connectivity index (χ0) is 23.6. The van der Waals surface area contributed by atoms with Crippen molar-refractivity contribution in [2.45, 2.75) is 38.6 Å². The number of sulfonamides is 1. The van der Waals surface area contributed by atoms with E-state index in [4.69, 9.17) is 0 Å². The zero-order valence-electron chi connectivity index (χ0n) is 18.4. The molecular formula is C21H25N5O4S2. The van der Waals surface area contributed by atoms with Gasteiger partial charge in [-0.1, -0.05) is 0 Å². The minimum absolute atomic E-state index is 0.0160. The van der Waals surface area contributed by atoms with Gasteiger partial charge in [-0.15, -0.1) is 11.3 Å². The number of benzene rings is 1. The van der Waals surface area contributed by atoms with Crippen molar-refractivity contribution in [1.29, 1.82) is 0 Å². The first-order valence-corrected chi connectivity index (χ1v) is 12.1. The van der Waals surface area contributed by atoms with Crippen LogP contribution in [0.5, 0.6) is 0 Å². The van der Waals surface area contributed by atoms with Gasteiger partial charge in [0.15, 0.2) is 5.13 Å². The van der Waals surface area contributed by atoms with E-state index in [1.54, 1.807) is 0 Å². The highest BCUT2D eigenvalue weighted by Gasteiger charge is 2.23. The molecule has 3 aromatic rings. The van der Waals surface area contributed by atoms with Crippen LogP contribution in [0.15, 0.2) is 40.6 Å². The summed E-state index contributed by atoms with van der Waals surface area (Å²) in [7, 11) is -1.95. The van der Waals surface area contributed by atoms with Crippen molar-refractivity contribution >= 4 is 44.0 Å². The number of rotatable bonds is 7. The Labute approximate surface area is 190 Å². The van der Waals surface area contributed by atoms with Crippen molar-refractivity contribution in [2.24, 2.45) is 7.05 Å². The zero-order valence-corrected chi connectivity index (χ0v) is 20.0. The molecule has 0 aliphatic carbocycles. The van der Waals surface area contributed by atoms with Crippen LogP contribution < -0.4 is 15.4 Å². The van der Waals surface area contributed by atoms with E-state index >= 15 is 0 Å². The lowest BCUT2D eigenvalue weighted by molar-refractivity contribution is -0.117. The van der Waals surface area contributed by atoms with Crippen molar-refractivity contribution in [3.05, 3.63) is 47.1 Å². The molecule has 0 saturated heterocycles. The number of amides is 2. The van der Waals surface area contributed by atoms with Crippen molar-refractivity contribution in [3.8, 4) is 11.3 Å². The Morgan fingerprint density at radius 3 is 2.34 bits per heavy atom. The maximum absolute atomic E-state index is 12.6. The lowest BCUT2D eigenvalue weighted by atomic mass is 10.2. The van der Waals surface area contributed by atoms with E-state index < -0.39 is 22.0 Å². The second-order valence-electron chi connectivity index (χ2n) is 7.42. The highest BCUT2D eigenvalue weighted by atomic mass is 32.2. The molecule has 0 saturated carbocycles. The van der Waals surface area contributed by atoms with E-state index in [1.165, 1.54) is 49.4 Å². The summed E-state index contributed by atoms with van der Waals surface area (Å²) < 4.78 is 29.6. The van der Waals surface area contributed by atoms with Gasteiger partial charge in [0.05, 0.1) is 16.6 Å². The molecule has 32 heavy (non-hydrogen) atoms. The van der Waals surface area contributed by atoms with E-state index in [0.29, 0.717) is 10.8 Å². The summed E-state index contributed by atoms with van der Waals surface area (Å²) in [6.45, 7) is 6.82. The number of nitrogens with one attached hydrogen (secondary N) is 3. The number of carbonyl (C=O) groups excluding carboxylic acids is 2. The summed E-state index contributed by atoms with van der Waals surface area (Å²) in [6, 6.07) is 6.67. The fourth-order valence-corrected chi connectivity index (χ4v) is 4.97. The average Bonchev–Trinajstić information content (AvgIpc) is 3.27. The van der Waals surface area contributed by atoms with Crippen molar-refractivity contribution < 1.29 is 18.0 Å². The molecule has 170 valence electrons. The van der Waals surface area contributed by atoms with E-state index in [-0.39, 0.29) is 10.8 Å². The van der Waals surface area contributed by atoms with Crippen molar-refractivity contribution in [2.75, 3.05) is 10.6 Å². The van der Waals surface area contributed by atoms with Crippen LogP contribution >= 0.6 is 11.3 Å². The number of carbonyl (C=O) groups is 2. The number of anilines is 2. The molecule has 0 bridgehead atoms. The van der Waals surface area contributed by atoms with E-state index in [2.05, 4.69) is 24.9 Å². The second-order valence-corrected chi connectivity index (χ2v) is 9.99. The van der Waals surface area contributed by atoms with Gasteiger partial charge in [0.25, 0.3) is 0 Å². The third-order valence-corrected chi connectivity index (χ3v) is 7.31. The number of hydrogen-bond donors (Lipinski definition) is 3. The summed E-state index contributed by atoms with van der Waals surface area (Å²) in [5.74, 6) is -0.780. The molecule has 1 unspecified atom stereocenters. The van der Waals surface area contributed by atoms with Crippen LogP contribution in [-0.2, 0) is 26.7 Å². The molecule has 2 heterocycles. The molecule has 11 heteroatoms. The molecule has 3 N–H and O–H groups in total. The van der Waals surface area contributed by atoms with Crippen molar-refractivity contribution in [1.82, 2.24) is 14.3 Å². The maximum Gasteiger partial charge on any atom is 0.244 e. The Morgan fingerprint density at radius 1 is 1.12 bits per heavy atom. The van der Waals surface area contributed by atoms with Gasteiger partial charge in [-0.05, 0) is 51.1 Å². The largest absolute Gasteiger partial charge is 0.351 e. The number of aryl methyl sites for hydroxylation is 1. The minimum atomic E-state index is -3.93. The van der Waals surface area contributed by atoms with Crippen LogP contribution in [0.4, 0.5) is 10.8 Å². The van der Waals surface area contributed by atoms with Crippen LogP contribution in [0.3, 0.4) is 0 Å². The highest BCUT2D eigenvalue weighted by molar-refractivity contribution is 7.89. The van der Waals surface area contributed by atoms with Crippen LogP contribution in [0, 0.1) is 13.8 Å². The summed E-state index contributed by atoms with van der Waals surface area (Å²) >= 11 is 1.27. The van der Waals surface area contributed by atoms with Gasteiger partial charge in [0.2, 0.25) is 21.8 Å². The number of thiazole rings is 1. The first kappa shape index (κ1) is 23.6. The topological polar surface area (TPSA) is 122 Å². The van der Waals surface area contributed by atoms with Crippen LogP contribution in [-0.4, -0.2) is 35.8 Å². The van der Waals surface area contributed by atoms with Gasteiger partial charge in [-0.3, -0.25) is 9.59 Å². The number of nitrogens with zero attached hydrogens (tertiary/aromatic N) is 2. The van der Waals surface area contributed by atoms with E-state index in [1.807, 2.05) is 32.3 Å². The van der Waals surface area contributed by atoms with E-state index in [9.17, 15) is 18.0 Å². The Hall–Kier alpha value is -3.02. The third-order valence-electron chi connectivity index (χ3n) is 5.00. The molecule has 2 amide bonds. The Kier molecular flexibility index (Phi) is 6.82. The molecule has 3 rings (SSSR count). The quantitative estimate of drug-likeness (QED) is 0.485.